The van der Waals surface area contributed by atoms with E-state index in [1.807, 2.05) is 23.6 Å². The summed E-state index contributed by atoms with van der Waals surface area (Å²) in [6, 6.07) is 14.3. The maximum atomic E-state index is 12.0. The van der Waals surface area contributed by atoms with Crippen LogP contribution in [0.5, 0.6) is 0 Å². The summed E-state index contributed by atoms with van der Waals surface area (Å²) in [5, 5.41) is 7.80. The van der Waals surface area contributed by atoms with Crippen LogP contribution in [0.1, 0.15) is 27.0 Å². The molecule has 3 aromatic rings. The van der Waals surface area contributed by atoms with Crippen molar-refractivity contribution in [2.24, 2.45) is 0 Å². The molecule has 2 heterocycles. The van der Waals surface area contributed by atoms with Gasteiger partial charge in [0.2, 0.25) is 0 Å². The van der Waals surface area contributed by atoms with Crippen LogP contribution < -0.4 is 10.6 Å². The average molecular weight is 337 g/mol. The quantitative estimate of drug-likeness (QED) is 0.679. The fourth-order valence-corrected chi connectivity index (χ4v) is 2.70. The van der Waals surface area contributed by atoms with Crippen molar-refractivity contribution in [3.05, 3.63) is 70.5 Å². The van der Waals surface area contributed by atoms with Crippen LogP contribution >= 0.6 is 11.3 Å². The maximum absolute atomic E-state index is 12.0. The van der Waals surface area contributed by atoms with E-state index >= 15 is 0 Å². The van der Waals surface area contributed by atoms with E-state index in [-0.39, 0.29) is 11.7 Å². The molecule has 24 heavy (non-hydrogen) atoms. The van der Waals surface area contributed by atoms with E-state index < -0.39 is 0 Å². The summed E-state index contributed by atoms with van der Waals surface area (Å²) in [5.74, 6) is 0.539. The van der Waals surface area contributed by atoms with Crippen molar-refractivity contribution >= 4 is 40.2 Å². The number of hydrogen-bond acceptors (Lipinski definition) is 5. The summed E-state index contributed by atoms with van der Waals surface area (Å²) in [6.45, 7) is 1.53. The lowest BCUT2D eigenvalue weighted by atomic mass is 10.1. The molecule has 0 saturated carbocycles. The number of hydrogen-bond donors (Lipinski definition) is 2. The van der Waals surface area contributed by atoms with E-state index in [4.69, 9.17) is 0 Å². The molecule has 0 bridgehead atoms. The number of Topliss-reactive ketones (excluding diaryl/α,β-unsaturated/α-hetero) is 1. The standard InChI is InChI=1S/C18H15N3O2S/c1-12(22)13-4-6-14(7-5-13)20-17-9-8-15(11-19-17)21-18(23)16-3-2-10-24-16/h2-11H,1H3,(H,19,20)(H,21,23). The van der Waals surface area contributed by atoms with Gasteiger partial charge in [0.25, 0.3) is 5.91 Å². The van der Waals surface area contributed by atoms with Gasteiger partial charge in [0, 0.05) is 11.3 Å². The van der Waals surface area contributed by atoms with Gasteiger partial charge >= 0.3 is 0 Å². The summed E-state index contributed by atoms with van der Waals surface area (Å²) < 4.78 is 0. The predicted molar refractivity (Wildman–Crippen MR) is 96.2 cm³/mol. The van der Waals surface area contributed by atoms with Gasteiger partial charge in [-0.3, -0.25) is 9.59 Å². The molecular weight excluding hydrogens is 322 g/mol. The molecule has 1 amide bonds. The van der Waals surface area contributed by atoms with E-state index in [9.17, 15) is 9.59 Å². The molecule has 0 fully saturated rings. The minimum absolute atomic E-state index is 0.0329. The minimum atomic E-state index is -0.146. The van der Waals surface area contributed by atoms with Crippen molar-refractivity contribution in [2.45, 2.75) is 6.92 Å². The fourth-order valence-electron chi connectivity index (χ4n) is 2.08. The monoisotopic (exact) mass is 337 g/mol. The number of nitrogens with zero attached hydrogens (tertiary/aromatic N) is 1. The fraction of sp³-hybridized carbons (Fsp3) is 0.0556. The molecule has 0 unspecified atom stereocenters. The highest BCUT2D eigenvalue weighted by Crippen LogP contribution is 2.18. The smallest absolute Gasteiger partial charge is 0.265 e. The Balaban J connectivity index is 1.64. The lowest BCUT2D eigenvalue weighted by Crippen LogP contribution is -2.10. The summed E-state index contributed by atoms with van der Waals surface area (Å²) in [7, 11) is 0. The molecule has 0 aliphatic carbocycles. The third-order valence-corrected chi connectivity index (χ3v) is 4.20. The molecule has 0 aliphatic rings. The molecule has 0 spiro atoms. The Bertz CT molecular complexity index is 841. The topological polar surface area (TPSA) is 71.1 Å². The van der Waals surface area contributed by atoms with E-state index in [0.717, 1.165) is 5.69 Å². The van der Waals surface area contributed by atoms with Gasteiger partial charge in [-0.25, -0.2) is 4.98 Å². The molecule has 2 N–H and O–H groups in total. The summed E-state index contributed by atoms with van der Waals surface area (Å²) in [5.41, 5.74) is 2.13. The Labute approximate surface area is 143 Å². The SMILES string of the molecule is CC(=O)c1ccc(Nc2ccc(NC(=O)c3cccs3)cn2)cc1. The Hall–Kier alpha value is -2.99. The van der Waals surface area contributed by atoms with Crippen molar-refractivity contribution < 1.29 is 9.59 Å². The highest BCUT2D eigenvalue weighted by Gasteiger charge is 2.07. The molecule has 0 radical (unpaired) electrons. The van der Waals surface area contributed by atoms with Crippen LogP contribution in [-0.2, 0) is 0 Å². The van der Waals surface area contributed by atoms with Crippen LogP contribution in [0.4, 0.5) is 17.2 Å². The van der Waals surface area contributed by atoms with Crippen molar-refractivity contribution in [1.82, 2.24) is 4.98 Å². The highest BCUT2D eigenvalue weighted by atomic mass is 32.1. The molecular formula is C18H15N3O2S. The number of rotatable bonds is 5. The zero-order chi connectivity index (χ0) is 16.9. The molecule has 120 valence electrons. The zero-order valence-electron chi connectivity index (χ0n) is 12.9. The van der Waals surface area contributed by atoms with Gasteiger partial charge in [0.15, 0.2) is 5.78 Å². The first-order valence-corrected chi connectivity index (χ1v) is 8.19. The van der Waals surface area contributed by atoms with Gasteiger partial charge in [0.05, 0.1) is 16.8 Å². The summed E-state index contributed by atoms with van der Waals surface area (Å²) in [6.07, 6.45) is 1.60. The predicted octanol–water partition coefficient (Wildman–Crippen LogP) is 4.34. The Morgan fingerprint density at radius 2 is 1.75 bits per heavy atom. The number of carbonyl (C=O) groups excluding carboxylic acids is 2. The number of pyridine rings is 1. The highest BCUT2D eigenvalue weighted by molar-refractivity contribution is 7.12. The van der Waals surface area contributed by atoms with E-state index in [1.165, 1.54) is 18.3 Å². The largest absolute Gasteiger partial charge is 0.340 e. The molecule has 6 heteroatoms. The van der Waals surface area contributed by atoms with Gasteiger partial charge in [-0.2, -0.15) is 0 Å². The second kappa shape index (κ2) is 7.06. The number of amides is 1. The van der Waals surface area contributed by atoms with Crippen LogP contribution in [0, 0.1) is 0 Å². The van der Waals surface area contributed by atoms with Crippen molar-refractivity contribution in [1.29, 1.82) is 0 Å². The first-order valence-electron chi connectivity index (χ1n) is 7.31. The lowest BCUT2D eigenvalue weighted by molar-refractivity contribution is 0.101. The third kappa shape index (κ3) is 3.85. The average Bonchev–Trinajstić information content (AvgIpc) is 3.12. The molecule has 5 nitrogen and oxygen atoms in total. The second-order valence-corrected chi connectivity index (χ2v) is 6.07. The van der Waals surface area contributed by atoms with Crippen molar-refractivity contribution in [2.75, 3.05) is 10.6 Å². The molecule has 3 rings (SSSR count). The van der Waals surface area contributed by atoms with E-state index in [0.29, 0.717) is 21.9 Å². The minimum Gasteiger partial charge on any atom is -0.340 e. The number of anilines is 3. The van der Waals surface area contributed by atoms with Crippen LogP contribution in [0.15, 0.2) is 60.1 Å². The Morgan fingerprint density at radius 1 is 1.00 bits per heavy atom. The van der Waals surface area contributed by atoms with Gasteiger partial charge < -0.3 is 10.6 Å². The Kier molecular flexibility index (Phi) is 4.67. The lowest BCUT2D eigenvalue weighted by Gasteiger charge is -2.08. The van der Waals surface area contributed by atoms with E-state index in [2.05, 4.69) is 15.6 Å². The van der Waals surface area contributed by atoms with Gasteiger partial charge in [-0.1, -0.05) is 6.07 Å². The van der Waals surface area contributed by atoms with Gasteiger partial charge in [0.1, 0.15) is 5.82 Å². The number of ketones is 1. The second-order valence-electron chi connectivity index (χ2n) is 5.12. The van der Waals surface area contributed by atoms with Crippen molar-refractivity contribution in [3.8, 4) is 0 Å². The number of carbonyl (C=O) groups is 2. The third-order valence-electron chi connectivity index (χ3n) is 3.33. The number of benzene rings is 1. The summed E-state index contributed by atoms with van der Waals surface area (Å²) >= 11 is 1.39. The number of thiophene rings is 1. The van der Waals surface area contributed by atoms with Crippen LogP contribution in [0.2, 0.25) is 0 Å². The van der Waals surface area contributed by atoms with Crippen molar-refractivity contribution in [3.63, 3.8) is 0 Å². The van der Waals surface area contributed by atoms with Gasteiger partial charge in [-0.15, -0.1) is 11.3 Å². The molecule has 0 aliphatic heterocycles. The molecule has 2 aromatic heterocycles. The van der Waals surface area contributed by atoms with Gasteiger partial charge in [-0.05, 0) is 54.8 Å². The van der Waals surface area contributed by atoms with Crippen LogP contribution in [-0.4, -0.2) is 16.7 Å². The zero-order valence-corrected chi connectivity index (χ0v) is 13.8. The first kappa shape index (κ1) is 15.9. The molecule has 0 atom stereocenters. The molecule has 1 aromatic carbocycles. The normalized spacial score (nSPS) is 10.2. The van der Waals surface area contributed by atoms with E-state index in [1.54, 1.807) is 36.5 Å². The van der Waals surface area contributed by atoms with Crippen LogP contribution in [0.25, 0.3) is 0 Å². The first-order chi connectivity index (χ1) is 11.6. The van der Waals surface area contributed by atoms with Crippen LogP contribution in [0.3, 0.4) is 0 Å². The maximum Gasteiger partial charge on any atom is 0.265 e. The molecule has 0 saturated heterocycles. The summed E-state index contributed by atoms with van der Waals surface area (Å²) in [4.78, 5) is 28.2. The number of nitrogens with one attached hydrogen (secondary N) is 2. The number of aromatic nitrogens is 1. The Morgan fingerprint density at radius 3 is 2.33 bits per heavy atom.